The van der Waals surface area contributed by atoms with E-state index in [1.54, 1.807) is 4.68 Å². The summed E-state index contributed by atoms with van der Waals surface area (Å²) in [6, 6.07) is 8.10. The van der Waals surface area contributed by atoms with Crippen molar-refractivity contribution in [3.8, 4) is 5.82 Å². The summed E-state index contributed by atoms with van der Waals surface area (Å²) in [6.07, 6.45) is 0. The van der Waals surface area contributed by atoms with Crippen LogP contribution in [-0.4, -0.2) is 30.1 Å². The molecule has 8 nitrogen and oxygen atoms in total. The fourth-order valence-electron chi connectivity index (χ4n) is 2.66. The fourth-order valence-corrected chi connectivity index (χ4v) is 2.66. The van der Waals surface area contributed by atoms with Crippen LogP contribution in [0.25, 0.3) is 17.1 Å². The van der Waals surface area contributed by atoms with Gasteiger partial charge in [0.25, 0.3) is 0 Å². The second-order valence-corrected chi connectivity index (χ2v) is 6.07. The zero-order chi connectivity index (χ0) is 17.6. The number of hydrogen-bond donors (Lipinski definition) is 1. The highest BCUT2D eigenvalue weighted by Crippen LogP contribution is 2.25. The van der Waals surface area contributed by atoms with Crippen LogP contribution in [0.15, 0.2) is 28.9 Å². The third-order valence-electron chi connectivity index (χ3n) is 4.08. The first kappa shape index (κ1) is 15.3. The van der Waals surface area contributed by atoms with Crippen molar-refractivity contribution >= 4 is 22.8 Å². The summed E-state index contributed by atoms with van der Waals surface area (Å²) in [4.78, 5) is 9.03. The van der Waals surface area contributed by atoms with Gasteiger partial charge in [-0.15, -0.1) is 0 Å². The lowest BCUT2D eigenvalue weighted by Gasteiger charge is -2.12. The standard InChI is InChI=1S/C17H17N7O/c1-9-5-6-13(7-10(9)2)18-16-17(24-12(4)8-11(3)21-24)20-15-14(19-16)22-25-23-15/h5-8H,1-4H3,(H,18,19,22). The first-order valence-electron chi connectivity index (χ1n) is 7.89. The third-order valence-corrected chi connectivity index (χ3v) is 4.08. The molecule has 25 heavy (non-hydrogen) atoms. The Balaban J connectivity index is 1.87. The zero-order valence-electron chi connectivity index (χ0n) is 14.4. The van der Waals surface area contributed by atoms with Gasteiger partial charge in [-0.25, -0.2) is 14.3 Å². The molecule has 0 unspecified atom stereocenters. The van der Waals surface area contributed by atoms with E-state index < -0.39 is 0 Å². The van der Waals surface area contributed by atoms with Gasteiger partial charge in [-0.05, 0) is 67.3 Å². The molecule has 1 aromatic carbocycles. The van der Waals surface area contributed by atoms with Crippen molar-refractivity contribution in [3.05, 3.63) is 46.8 Å². The number of hydrogen-bond acceptors (Lipinski definition) is 7. The number of nitrogens with one attached hydrogen (secondary N) is 1. The van der Waals surface area contributed by atoms with E-state index in [2.05, 4.69) is 56.7 Å². The van der Waals surface area contributed by atoms with Gasteiger partial charge in [-0.1, -0.05) is 6.07 Å². The predicted octanol–water partition coefficient (Wildman–Crippen LogP) is 3.18. The smallest absolute Gasteiger partial charge is 0.245 e. The molecule has 0 aliphatic rings. The van der Waals surface area contributed by atoms with E-state index >= 15 is 0 Å². The molecule has 3 heterocycles. The number of benzene rings is 1. The Bertz CT molecular complexity index is 1080. The van der Waals surface area contributed by atoms with Crippen molar-refractivity contribution < 1.29 is 4.63 Å². The molecule has 0 saturated heterocycles. The fraction of sp³-hybridized carbons (Fsp3) is 0.235. The van der Waals surface area contributed by atoms with Crippen LogP contribution >= 0.6 is 0 Å². The van der Waals surface area contributed by atoms with E-state index in [0.29, 0.717) is 22.9 Å². The highest BCUT2D eigenvalue weighted by atomic mass is 16.6. The van der Waals surface area contributed by atoms with Gasteiger partial charge in [0, 0.05) is 11.4 Å². The van der Waals surface area contributed by atoms with E-state index in [-0.39, 0.29) is 0 Å². The Labute approximate surface area is 143 Å². The summed E-state index contributed by atoms with van der Waals surface area (Å²) < 4.78 is 6.48. The Morgan fingerprint density at radius 3 is 2.36 bits per heavy atom. The van der Waals surface area contributed by atoms with Gasteiger partial charge in [0.15, 0.2) is 11.6 Å². The van der Waals surface area contributed by atoms with Crippen LogP contribution in [-0.2, 0) is 0 Å². The van der Waals surface area contributed by atoms with Crippen molar-refractivity contribution in [1.29, 1.82) is 0 Å². The lowest BCUT2D eigenvalue weighted by atomic mass is 10.1. The molecule has 0 spiro atoms. The molecule has 0 amide bonds. The van der Waals surface area contributed by atoms with Crippen molar-refractivity contribution in [2.24, 2.45) is 0 Å². The maximum Gasteiger partial charge on any atom is 0.245 e. The molecule has 0 radical (unpaired) electrons. The van der Waals surface area contributed by atoms with Crippen LogP contribution in [0.5, 0.6) is 0 Å². The normalized spacial score (nSPS) is 11.2. The molecule has 0 atom stereocenters. The van der Waals surface area contributed by atoms with E-state index in [1.165, 1.54) is 11.1 Å². The number of fused-ring (bicyclic) bond motifs is 1. The monoisotopic (exact) mass is 335 g/mol. The van der Waals surface area contributed by atoms with Crippen molar-refractivity contribution in [3.63, 3.8) is 0 Å². The average Bonchev–Trinajstić information content (AvgIpc) is 3.15. The summed E-state index contributed by atoms with van der Waals surface area (Å²) in [5, 5.41) is 15.4. The quantitative estimate of drug-likeness (QED) is 0.614. The number of aryl methyl sites for hydroxylation is 4. The highest BCUT2D eigenvalue weighted by Gasteiger charge is 2.17. The summed E-state index contributed by atoms with van der Waals surface area (Å²) in [6.45, 7) is 8.04. The summed E-state index contributed by atoms with van der Waals surface area (Å²) in [5.41, 5.74) is 5.86. The first-order valence-corrected chi connectivity index (χ1v) is 7.89. The van der Waals surface area contributed by atoms with Crippen molar-refractivity contribution in [1.82, 2.24) is 30.1 Å². The molecule has 0 aliphatic heterocycles. The molecule has 8 heteroatoms. The van der Waals surface area contributed by atoms with E-state index in [0.717, 1.165) is 17.1 Å². The predicted molar refractivity (Wildman–Crippen MR) is 93.2 cm³/mol. The van der Waals surface area contributed by atoms with Gasteiger partial charge in [-0.3, -0.25) is 0 Å². The van der Waals surface area contributed by atoms with Crippen LogP contribution in [0.1, 0.15) is 22.5 Å². The number of nitrogens with zero attached hydrogens (tertiary/aromatic N) is 6. The first-order chi connectivity index (χ1) is 12.0. The molecule has 126 valence electrons. The Kier molecular flexibility index (Phi) is 3.45. The molecular formula is C17H17N7O. The van der Waals surface area contributed by atoms with Crippen LogP contribution in [0.4, 0.5) is 11.5 Å². The number of anilines is 2. The van der Waals surface area contributed by atoms with Crippen molar-refractivity contribution in [2.75, 3.05) is 5.32 Å². The van der Waals surface area contributed by atoms with Gasteiger partial charge >= 0.3 is 0 Å². The van der Waals surface area contributed by atoms with Gasteiger partial charge in [0.1, 0.15) is 0 Å². The molecular weight excluding hydrogens is 318 g/mol. The van der Waals surface area contributed by atoms with Crippen LogP contribution < -0.4 is 5.32 Å². The Morgan fingerprint density at radius 1 is 0.920 bits per heavy atom. The topological polar surface area (TPSA) is 94.5 Å². The SMILES string of the molecule is Cc1cc(C)n(-c2nc3nonc3nc2Nc2ccc(C)c(C)c2)n1. The second kappa shape index (κ2) is 5.66. The molecule has 4 rings (SSSR count). The third kappa shape index (κ3) is 2.71. The summed E-state index contributed by atoms with van der Waals surface area (Å²) in [7, 11) is 0. The minimum atomic E-state index is 0.341. The summed E-state index contributed by atoms with van der Waals surface area (Å²) >= 11 is 0. The number of aromatic nitrogens is 6. The lowest BCUT2D eigenvalue weighted by Crippen LogP contribution is -2.08. The largest absolute Gasteiger partial charge is 0.337 e. The van der Waals surface area contributed by atoms with Gasteiger partial charge < -0.3 is 5.32 Å². The Morgan fingerprint density at radius 2 is 1.68 bits per heavy atom. The van der Waals surface area contributed by atoms with Gasteiger partial charge in [-0.2, -0.15) is 10.1 Å². The average molecular weight is 335 g/mol. The second-order valence-electron chi connectivity index (χ2n) is 6.07. The highest BCUT2D eigenvalue weighted by molar-refractivity contribution is 5.73. The molecule has 0 aliphatic carbocycles. The number of rotatable bonds is 3. The molecule has 4 aromatic rings. The molecule has 0 saturated carbocycles. The van der Waals surface area contributed by atoms with E-state index in [1.807, 2.05) is 26.0 Å². The summed E-state index contributed by atoms with van der Waals surface area (Å²) in [5.74, 6) is 1.09. The van der Waals surface area contributed by atoms with Crippen LogP contribution in [0, 0.1) is 27.7 Å². The lowest BCUT2D eigenvalue weighted by molar-refractivity contribution is 0.314. The Hall–Kier alpha value is -3.29. The van der Waals surface area contributed by atoms with Gasteiger partial charge in [0.05, 0.1) is 5.69 Å². The minimum Gasteiger partial charge on any atom is -0.337 e. The molecule has 1 N–H and O–H groups in total. The van der Waals surface area contributed by atoms with Gasteiger partial charge in [0.2, 0.25) is 11.3 Å². The van der Waals surface area contributed by atoms with E-state index in [9.17, 15) is 0 Å². The minimum absolute atomic E-state index is 0.341. The maximum atomic E-state index is 4.75. The molecule has 0 fully saturated rings. The van der Waals surface area contributed by atoms with Crippen LogP contribution in [0.3, 0.4) is 0 Å². The molecule has 3 aromatic heterocycles. The van der Waals surface area contributed by atoms with E-state index in [4.69, 9.17) is 4.63 Å². The molecule has 0 bridgehead atoms. The van der Waals surface area contributed by atoms with Crippen LogP contribution in [0.2, 0.25) is 0 Å². The zero-order valence-corrected chi connectivity index (χ0v) is 14.4. The maximum absolute atomic E-state index is 4.75. The van der Waals surface area contributed by atoms with Crippen molar-refractivity contribution in [2.45, 2.75) is 27.7 Å².